The first-order valence-corrected chi connectivity index (χ1v) is 6.61. The molecule has 0 radical (unpaired) electrons. The molecule has 1 N–H and O–H groups in total. The molecule has 88 valence electrons. The number of rotatable bonds is 5. The molecule has 1 saturated carbocycles. The number of carbonyl (C=O) groups is 1. The van der Waals surface area contributed by atoms with Gasteiger partial charge in [0.05, 0.1) is 11.4 Å². The van der Waals surface area contributed by atoms with Crippen LogP contribution in [0.25, 0.3) is 0 Å². The van der Waals surface area contributed by atoms with Crippen LogP contribution in [0, 0.1) is 13.8 Å². The highest BCUT2D eigenvalue weighted by atomic mass is 32.2. The predicted octanol–water partition coefficient (Wildman–Crippen LogP) is 1.80. The van der Waals surface area contributed by atoms with Gasteiger partial charge in [-0.2, -0.15) is 0 Å². The van der Waals surface area contributed by atoms with E-state index in [1.54, 1.807) is 11.8 Å². The molecule has 4 nitrogen and oxygen atoms in total. The summed E-state index contributed by atoms with van der Waals surface area (Å²) in [6.07, 6.45) is 2.28. The Morgan fingerprint density at radius 2 is 2.31 bits per heavy atom. The van der Waals surface area contributed by atoms with Crippen molar-refractivity contribution in [3.05, 3.63) is 17.0 Å². The number of hydrogen-bond donors (Lipinski definition) is 1. The lowest BCUT2D eigenvalue weighted by Gasteiger charge is -2.02. The van der Waals surface area contributed by atoms with Crippen LogP contribution in [0.4, 0.5) is 0 Å². The Labute approximate surface area is 99.1 Å². The molecular formula is C11H16N2O2S. The summed E-state index contributed by atoms with van der Waals surface area (Å²) in [6.45, 7) is 3.83. The molecule has 1 aliphatic carbocycles. The number of nitrogens with zero attached hydrogens (tertiary/aromatic N) is 1. The number of amides is 1. The van der Waals surface area contributed by atoms with Crippen molar-refractivity contribution in [2.75, 3.05) is 5.75 Å². The predicted molar refractivity (Wildman–Crippen MR) is 63.3 cm³/mol. The molecule has 1 amide bonds. The molecule has 1 fully saturated rings. The lowest BCUT2D eigenvalue weighted by Crippen LogP contribution is -2.27. The van der Waals surface area contributed by atoms with Crippen LogP contribution in [0.15, 0.2) is 4.52 Å². The third-order valence-corrected chi connectivity index (χ3v) is 3.56. The molecule has 1 aromatic rings. The molecule has 0 aromatic carbocycles. The van der Waals surface area contributed by atoms with Gasteiger partial charge in [-0.05, 0) is 26.7 Å². The summed E-state index contributed by atoms with van der Waals surface area (Å²) in [6, 6.07) is 0.451. The van der Waals surface area contributed by atoms with Crippen LogP contribution in [0.2, 0.25) is 0 Å². The zero-order valence-corrected chi connectivity index (χ0v) is 10.4. The molecule has 0 saturated heterocycles. The number of nitrogens with one attached hydrogen (secondary N) is 1. The van der Waals surface area contributed by atoms with E-state index in [-0.39, 0.29) is 5.91 Å². The quantitative estimate of drug-likeness (QED) is 0.852. The van der Waals surface area contributed by atoms with Gasteiger partial charge in [0.1, 0.15) is 5.76 Å². The van der Waals surface area contributed by atoms with Crippen molar-refractivity contribution in [2.45, 2.75) is 38.5 Å². The van der Waals surface area contributed by atoms with Gasteiger partial charge in [0, 0.05) is 17.4 Å². The molecule has 0 spiro atoms. The lowest BCUT2D eigenvalue weighted by molar-refractivity contribution is -0.118. The average Bonchev–Trinajstić information content (AvgIpc) is 2.99. The van der Waals surface area contributed by atoms with E-state index in [0.29, 0.717) is 11.8 Å². The fourth-order valence-electron chi connectivity index (χ4n) is 1.45. The molecule has 1 aromatic heterocycles. The smallest absolute Gasteiger partial charge is 0.230 e. The standard InChI is InChI=1S/C11H16N2O2S/c1-7-10(8(2)15-13-7)5-16-6-11(14)12-9-3-4-9/h9H,3-6H2,1-2H3,(H,12,14). The number of aryl methyl sites for hydroxylation is 2. The van der Waals surface area contributed by atoms with Crippen molar-refractivity contribution in [2.24, 2.45) is 0 Å². The first-order valence-electron chi connectivity index (χ1n) is 5.45. The first-order chi connectivity index (χ1) is 7.66. The second kappa shape index (κ2) is 4.91. The van der Waals surface area contributed by atoms with Crippen LogP contribution < -0.4 is 5.32 Å². The summed E-state index contributed by atoms with van der Waals surface area (Å²) in [7, 11) is 0. The van der Waals surface area contributed by atoms with Gasteiger partial charge in [-0.25, -0.2) is 0 Å². The van der Waals surface area contributed by atoms with Crippen molar-refractivity contribution in [3.8, 4) is 0 Å². The minimum absolute atomic E-state index is 0.138. The van der Waals surface area contributed by atoms with Gasteiger partial charge in [-0.15, -0.1) is 11.8 Å². The number of carbonyl (C=O) groups excluding carboxylic acids is 1. The summed E-state index contributed by atoms with van der Waals surface area (Å²) in [4.78, 5) is 11.4. The van der Waals surface area contributed by atoms with Crippen LogP contribution in [-0.2, 0) is 10.5 Å². The fourth-order valence-corrected chi connectivity index (χ4v) is 2.44. The minimum Gasteiger partial charge on any atom is -0.361 e. The summed E-state index contributed by atoms with van der Waals surface area (Å²) in [5, 5.41) is 6.85. The Kier molecular flexibility index (Phi) is 3.53. The first kappa shape index (κ1) is 11.5. The van der Waals surface area contributed by atoms with Gasteiger partial charge in [0.2, 0.25) is 5.91 Å². The molecule has 1 aliphatic rings. The molecule has 16 heavy (non-hydrogen) atoms. The summed E-state index contributed by atoms with van der Waals surface area (Å²) in [5.74, 6) is 2.30. The zero-order valence-electron chi connectivity index (χ0n) is 9.58. The van der Waals surface area contributed by atoms with Crippen LogP contribution in [0.5, 0.6) is 0 Å². The summed E-state index contributed by atoms with van der Waals surface area (Å²) < 4.78 is 5.06. The summed E-state index contributed by atoms with van der Waals surface area (Å²) in [5.41, 5.74) is 2.04. The Morgan fingerprint density at radius 1 is 1.56 bits per heavy atom. The SMILES string of the molecule is Cc1noc(C)c1CSCC(=O)NC1CC1. The van der Waals surface area contributed by atoms with E-state index < -0.39 is 0 Å². The number of thioether (sulfide) groups is 1. The van der Waals surface area contributed by atoms with Gasteiger partial charge < -0.3 is 9.84 Å². The fraction of sp³-hybridized carbons (Fsp3) is 0.636. The molecule has 2 rings (SSSR count). The third kappa shape index (κ3) is 3.01. The normalized spacial score (nSPS) is 15.1. The molecular weight excluding hydrogens is 224 g/mol. The van der Waals surface area contributed by atoms with Gasteiger partial charge in [0.15, 0.2) is 0 Å². The van der Waals surface area contributed by atoms with E-state index in [0.717, 1.165) is 35.6 Å². The van der Waals surface area contributed by atoms with Crippen molar-refractivity contribution >= 4 is 17.7 Å². The van der Waals surface area contributed by atoms with Gasteiger partial charge in [-0.3, -0.25) is 4.79 Å². The maximum atomic E-state index is 11.4. The van der Waals surface area contributed by atoms with E-state index in [9.17, 15) is 4.79 Å². The van der Waals surface area contributed by atoms with E-state index in [1.165, 1.54) is 0 Å². The zero-order chi connectivity index (χ0) is 11.5. The highest BCUT2D eigenvalue weighted by molar-refractivity contribution is 7.99. The number of aromatic nitrogens is 1. The Morgan fingerprint density at radius 3 is 2.88 bits per heavy atom. The monoisotopic (exact) mass is 240 g/mol. The van der Waals surface area contributed by atoms with Crippen LogP contribution in [0.3, 0.4) is 0 Å². The van der Waals surface area contributed by atoms with Gasteiger partial charge in [-0.1, -0.05) is 5.16 Å². The lowest BCUT2D eigenvalue weighted by atomic mass is 10.2. The molecule has 5 heteroatoms. The molecule has 0 unspecified atom stereocenters. The number of hydrogen-bond acceptors (Lipinski definition) is 4. The van der Waals surface area contributed by atoms with E-state index in [1.807, 2.05) is 13.8 Å². The maximum Gasteiger partial charge on any atom is 0.230 e. The van der Waals surface area contributed by atoms with Crippen LogP contribution >= 0.6 is 11.8 Å². The third-order valence-electron chi connectivity index (χ3n) is 2.60. The highest BCUT2D eigenvalue weighted by Gasteiger charge is 2.23. The molecule has 0 bridgehead atoms. The van der Waals surface area contributed by atoms with Gasteiger partial charge >= 0.3 is 0 Å². The van der Waals surface area contributed by atoms with Crippen LogP contribution in [0.1, 0.15) is 29.9 Å². The molecule has 1 heterocycles. The second-order valence-corrected chi connectivity index (χ2v) is 5.12. The van der Waals surface area contributed by atoms with E-state index in [2.05, 4.69) is 10.5 Å². The van der Waals surface area contributed by atoms with Gasteiger partial charge in [0.25, 0.3) is 0 Å². The second-order valence-electron chi connectivity index (χ2n) is 4.14. The topological polar surface area (TPSA) is 55.1 Å². The van der Waals surface area contributed by atoms with Crippen LogP contribution in [-0.4, -0.2) is 22.9 Å². The Bertz CT molecular complexity index is 366. The van der Waals surface area contributed by atoms with E-state index in [4.69, 9.17) is 4.52 Å². The molecule has 0 atom stereocenters. The van der Waals surface area contributed by atoms with Crippen molar-refractivity contribution in [1.82, 2.24) is 10.5 Å². The summed E-state index contributed by atoms with van der Waals surface area (Å²) >= 11 is 1.61. The van der Waals surface area contributed by atoms with Crippen molar-refractivity contribution < 1.29 is 9.32 Å². The maximum absolute atomic E-state index is 11.4. The Balaban J connectivity index is 1.72. The largest absolute Gasteiger partial charge is 0.361 e. The minimum atomic E-state index is 0.138. The van der Waals surface area contributed by atoms with Crippen molar-refractivity contribution in [1.29, 1.82) is 0 Å². The highest BCUT2D eigenvalue weighted by Crippen LogP contribution is 2.21. The van der Waals surface area contributed by atoms with Crippen molar-refractivity contribution in [3.63, 3.8) is 0 Å². The van der Waals surface area contributed by atoms with E-state index >= 15 is 0 Å². The average molecular weight is 240 g/mol. The molecule has 0 aliphatic heterocycles. The Hall–Kier alpha value is -0.970.